The summed E-state index contributed by atoms with van der Waals surface area (Å²) in [5, 5.41) is 8.76. The van der Waals surface area contributed by atoms with Gasteiger partial charge in [0.15, 0.2) is 5.88 Å². The molecule has 0 aliphatic carbocycles. The molecule has 1 aliphatic rings. The van der Waals surface area contributed by atoms with Gasteiger partial charge in [-0.15, -0.1) is 0 Å². The van der Waals surface area contributed by atoms with Gasteiger partial charge in [0.1, 0.15) is 0 Å². The molecule has 1 atom stereocenters. The van der Waals surface area contributed by atoms with E-state index in [1.807, 2.05) is 11.9 Å². The summed E-state index contributed by atoms with van der Waals surface area (Å²) in [5.74, 6) is -0.508. The Morgan fingerprint density at radius 1 is 1.53 bits per heavy atom. The lowest BCUT2D eigenvalue weighted by Gasteiger charge is -2.27. The molecule has 0 radical (unpaired) electrons. The molecule has 1 fully saturated rings. The quantitative estimate of drug-likeness (QED) is 0.870. The molecule has 2 heterocycles. The van der Waals surface area contributed by atoms with E-state index in [4.69, 9.17) is 14.3 Å². The monoisotopic (exact) mass is 239 g/mol. The van der Waals surface area contributed by atoms with Crippen molar-refractivity contribution in [1.29, 1.82) is 0 Å². The zero-order valence-electron chi connectivity index (χ0n) is 9.89. The van der Waals surface area contributed by atoms with E-state index in [0.717, 1.165) is 26.0 Å². The summed E-state index contributed by atoms with van der Waals surface area (Å²) in [4.78, 5) is 12.6. The van der Waals surface area contributed by atoms with Crippen LogP contribution in [0, 0.1) is 0 Å². The van der Waals surface area contributed by atoms with E-state index in [9.17, 15) is 4.79 Å². The van der Waals surface area contributed by atoms with Gasteiger partial charge in [-0.1, -0.05) is 0 Å². The maximum absolute atomic E-state index is 10.7. The van der Waals surface area contributed by atoms with Gasteiger partial charge in [0.25, 0.3) is 0 Å². The third kappa shape index (κ3) is 3.00. The molecule has 0 saturated carbocycles. The molecule has 1 N–H and O–H groups in total. The number of carboxylic acids is 1. The molecule has 17 heavy (non-hydrogen) atoms. The summed E-state index contributed by atoms with van der Waals surface area (Å²) in [6.07, 6.45) is 3.59. The van der Waals surface area contributed by atoms with Gasteiger partial charge >= 0.3 is 5.97 Å². The van der Waals surface area contributed by atoms with Crippen molar-refractivity contribution in [1.82, 2.24) is 0 Å². The Morgan fingerprint density at radius 2 is 2.35 bits per heavy atom. The number of aromatic carboxylic acids is 1. The fraction of sp³-hybridized carbons (Fsp3) is 0.583. The predicted molar refractivity (Wildman–Crippen MR) is 62.5 cm³/mol. The van der Waals surface area contributed by atoms with Crippen molar-refractivity contribution in [2.75, 3.05) is 25.1 Å². The van der Waals surface area contributed by atoms with Crippen molar-refractivity contribution in [3.63, 3.8) is 0 Å². The summed E-state index contributed by atoms with van der Waals surface area (Å²) < 4.78 is 10.8. The van der Waals surface area contributed by atoms with Crippen LogP contribution in [0.1, 0.15) is 29.8 Å². The van der Waals surface area contributed by atoms with Crippen LogP contribution in [0.15, 0.2) is 16.5 Å². The van der Waals surface area contributed by atoms with Gasteiger partial charge in [0, 0.05) is 26.3 Å². The Morgan fingerprint density at radius 3 is 2.94 bits per heavy atom. The fourth-order valence-electron chi connectivity index (χ4n) is 1.99. The first kappa shape index (κ1) is 12.0. The van der Waals surface area contributed by atoms with Crippen molar-refractivity contribution in [2.24, 2.45) is 0 Å². The van der Waals surface area contributed by atoms with E-state index < -0.39 is 5.97 Å². The molecule has 1 aromatic rings. The average molecular weight is 239 g/mol. The smallest absolute Gasteiger partial charge is 0.371 e. The number of anilines is 1. The second kappa shape index (κ2) is 5.23. The van der Waals surface area contributed by atoms with Crippen molar-refractivity contribution in [3.05, 3.63) is 17.9 Å². The molecule has 0 aromatic carbocycles. The molecule has 5 heteroatoms. The van der Waals surface area contributed by atoms with E-state index in [1.165, 1.54) is 12.5 Å². The third-order valence-electron chi connectivity index (χ3n) is 2.93. The molecule has 2 rings (SSSR count). The number of hydrogen-bond donors (Lipinski definition) is 1. The Hall–Kier alpha value is -1.49. The van der Waals surface area contributed by atoms with Crippen LogP contribution in [0.5, 0.6) is 0 Å². The Balaban J connectivity index is 1.93. The van der Waals surface area contributed by atoms with E-state index in [-0.39, 0.29) is 11.9 Å². The molecule has 1 unspecified atom stereocenters. The zero-order valence-corrected chi connectivity index (χ0v) is 9.89. The highest BCUT2D eigenvalue weighted by Gasteiger charge is 2.18. The Bertz CT molecular complexity index is 382. The average Bonchev–Trinajstić information content (AvgIpc) is 2.79. The highest BCUT2D eigenvalue weighted by molar-refractivity contribution is 5.84. The van der Waals surface area contributed by atoms with Crippen molar-refractivity contribution >= 4 is 11.9 Å². The Kier molecular flexibility index (Phi) is 3.68. The maximum Gasteiger partial charge on any atom is 0.371 e. The van der Waals surface area contributed by atoms with E-state index in [0.29, 0.717) is 5.88 Å². The first-order valence-electron chi connectivity index (χ1n) is 5.82. The topological polar surface area (TPSA) is 62.9 Å². The minimum Gasteiger partial charge on any atom is -0.475 e. The first-order valence-corrected chi connectivity index (χ1v) is 5.82. The summed E-state index contributed by atoms with van der Waals surface area (Å²) in [6.45, 7) is 1.55. The van der Waals surface area contributed by atoms with Crippen LogP contribution in [-0.2, 0) is 4.74 Å². The van der Waals surface area contributed by atoms with Crippen molar-refractivity contribution in [2.45, 2.75) is 25.4 Å². The van der Waals surface area contributed by atoms with E-state index in [1.54, 1.807) is 6.07 Å². The number of furan rings is 1. The molecule has 0 bridgehead atoms. The summed E-state index contributed by atoms with van der Waals surface area (Å²) in [6, 6.07) is 3.14. The van der Waals surface area contributed by atoms with Gasteiger partial charge in [-0.25, -0.2) is 4.79 Å². The lowest BCUT2D eigenvalue weighted by molar-refractivity contribution is 0.0212. The number of nitrogens with zero attached hydrogens (tertiary/aromatic N) is 1. The number of carbonyl (C=O) groups is 1. The van der Waals surface area contributed by atoms with Gasteiger partial charge in [0.05, 0.1) is 6.10 Å². The SMILES string of the molecule is CN(CC1CCCCO1)c1ccc(C(=O)O)o1. The van der Waals surface area contributed by atoms with Crippen LogP contribution in [-0.4, -0.2) is 37.4 Å². The molecule has 0 spiro atoms. The van der Waals surface area contributed by atoms with Crippen LogP contribution in [0.4, 0.5) is 5.88 Å². The van der Waals surface area contributed by atoms with Crippen LogP contribution < -0.4 is 4.90 Å². The van der Waals surface area contributed by atoms with Gasteiger partial charge in [-0.05, 0) is 25.3 Å². The highest BCUT2D eigenvalue weighted by Crippen LogP contribution is 2.20. The van der Waals surface area contributed by atoms with Crippen molar-refractivity contribution in [3.8, 4) is 0 Å². The van der Waals surface area contributed by atoms with Crippen LogP contribution in [0.3, 0.4) is 0 Å². The number of rotatable bonds is 4. The maximum atomic E-state index is 10.7. The van der Waals surface area contributed by atoms with Crippen molar-refractivity contribution < 1.29 is 19.1 Å². The normalized spacial score (nSPS) is 20.2. The largest absolute Gasteiger partial charge is 0.475 e. The van der Waals surface area contributed by atoms with Gasteiger partial charge < -0.3 is 19.2 Å². The molecular formula is C12H17NO4. The first-order chi connectivity index (χ1) is 8.16. The molecular weight excluding hydrogens is 222 g/mol. The second-order valence-corrected chi connectivity index (χ2v) is 4.31. The molecule has 1 aliphatic heterocycles. The van der Waals surface area contributed by atoms with E-state index >= 15 is 0 Å². The zero-order chi connectivity index (χ0) is 12.3. The highest BCUT2D eigenvalue weighted by atomic mass is 16.5. The summed E-state index contributed by atoms with van der Waals surface area (Å²) >= 11 is 0. The minimum absolute atomic E-state index is 0.0311. The Labute approximate surface area is 100.0 Å². The molecule has 1 saturated heterocycles. The van der Waals surface area contributed by atoms with Gasteiger partial charge in [-0.2, -0.15) is 0 Å². The molecule has 0 amide bonds. The van der Waals surface area contributed by atoms with Crippen LogP contribution in [0.2, 0.25) is 0 Å². The van der Waals surface area contributed by atoms with Crippen LogP contribution >= 0.6 is 0 Å². The van der Waals surface area contributed by atoms with Gasteiger partial charge in [-0.3, -0.25) is 0 Å². The molecule has 1 aromatic heterocycles. The predicted octanol–water partition coefficient (Wildman–Crippen LogP) is 1.98. The van der Waals surface area contributed by atoms with Crippen LogP contribution in [0.25, 0.3) is 0 Å². The number of ether oxygens (including phenoxy) is 1. The fourth-order valence-corrected chi connectivity index (χ4v) is 1.99. The number of hydrogen-bond acceptors (Lipinski definition) is 4. The number of likely N-dealkylation sites (N-methyl/N-ethyl adjacent to an activating group) is 1. The molecule has 94 valence electrons. The second-order valence-electron chi connectivity index (χ2n) is 4.31. The lowest BCUT2D eigenvalue weighted by atomic mass is 10.1. The molecule has 5 nitrogen and oxygen atoms in total. The number of carboxylic acid groups (broad SMARTS) is 1. The standard InChI is InChI=1S/C12H17NO4/c1-13(8-9-4-2-3-7-16-9)11-6-5-10(17-11)12(14)15/h5-6,9H,2-4,7-8H2,1H3,(H,14,15). The summed E-state index contributed by atoms with van der Waals surface area (Å²) in [7, 11) is 1.88. The third-order valence-corrected chi connectivity index (χ3v) is 2.93. The summed E-state index contributed by atoms with van der Waals surface area (Å²) in [5.41, 5.74) is 0. The van der Waals surface area contributed by atoms with Gasteiger partial charge in [0.2, 0.25) is 5.76 Å². The van der Waals surface area contributed by atoms with E-state index in [2.05, 4.69) is 0 Å². The minimum atomic E-state index is -1.04. The lowest BCUT2D eigenvalue weighted by Crippen LogP contribution is -2.33.